The Balaban J connectivity index is 3.79. The molecule has 0 unspecified atom stereocenters. The molecule has 86 valence electrons. The van der Waals surface area contributed by atoms with Crippen LogP contribution in [-0.2, 0) is 9.53 Å². The van der Waals surface area contributed by atoms with Crippen LogP contribution in [-0.4, -0.2) is 12.6 Å². The van der Waals surface area contributed by atoms with E-state index < -0.39 is 0 Å². The molecule has 0 amide bonds. The second-order valence-corrected chi connectivity index (χ2v) is 3.88. The van der Waals surface area contributed by atoms with Gasteiger partial charge in [0.05, 0.1) is 13.0 Å². The summed E-state index contributed by atoms with van der Waals surface area (Å²) in [6.07, 6.45) is 6.63. The molecule has 0 aliphatic heterocycles. The van der Waals surface area contributed by atoms with Gasteiger partial charge in [-0.1, -0.05) is 23.3 Å². The molecule has 0 aliphatic rings. The van der Waals surface area contributed by atoms with Gasteiger partial charge in [-0.25, -0.2) is 0 Å². The van der Waals surface area contributed by atoms with Gasteiger partial charge in [-0.05, 0) is 40.5 Å². The van der Waals surface area contributed by atoms with Crippen LogP contribution in [0.3, 0.4) is 0 Å². The van der Waals surface area contributed by atoms with Gasteiger partial charge in [0.15, 0.2) is 0 Å². The van der Waals surface area contributed by atoms with E-state index in [1.165, 1.54) is 11.1 Å². The Bertz CT molecular complexity index is 245. The van der Waals surface area contributed by atoms with Crippen molar-refractivity contribution >= 4 is 5.97 Å². The fourth-order valence-corrected chi connectivity index (χ4v) is 1.17. The third-order valence-corrected chi connectivity index (χ3v) is 2.01. The van der Waals surface area contributed by atoms with Gasteiger partial charge in [-0.15, -0.1) is 0 Å². The molecule has 2 nitrogen and oxygen atoms in total. The van der Waals surface area contributed by atoms with Crippen molar-refractivity contribution in [3.05, 3.63) is 23.3 Å². The zero-order valence-corrected chi connectivity index (χ0v) is 10.3. The Labute approximate surface area is 93.0 Å². The predicted molar refractivity (Wildman–Crippen MR) is 63.7 cm³/mol. The molecule has 2 heteroatoms. The summed E-state index contributed by atoms with van der Waals surface area (Å²) < 4.78 is 4.84. The normalized spacial score (nSPS) is 11.1. The SMILES string of the molecule is CCOC(=O)C/C=C(\C)CCC=C(C)C. The molecule has 0 radical (unpaired) electrons. The summed E-state index contributed by atoms with van der Waals surface area (Å²) in [5, 5.41) is 0. The highest BCUT2D eigenvalue weighted by Gasteiger charge is 1.98. The van der Waals surface area contributed by atoms with E-state index in [0.29, 0.717) is 13.0 Å². The maximum atomic E-state index is 11.1. The minimum Gasteiger partial charge on any atom is -0.466 e. The summed E-state index contributed by atoms with van der Waals surface area (Å²) in [5.41, 5.74) is 2.59. The Kier molecular flexibility index (Phi) is 7.69. The van der Waals surface area contributed by atoms with E-state index in [1.807, 2.05) is 13.0 Å². The zero-order valence-electron chi connectivity index (χ0n) is 10.3. The lowest BCUT2D eigenvalue weighted by molar-refractivity contribution is -0.142. The first-order valence-corrected chi connectivity index (χ1v) is 5.50. The van der Waals surface area contributed by atoms with Crippen LogP contribution < -0.4 is 0 Å². The molecule has 0 fully saturated rings. The lowest BCUT2D eigenvalue weighted by atomic mass is 10.1. The smallest absolute Gasteiger partial charge is 0.309 e. The first-order valence-electron chi connectivity index (χ1n) is 5.50. The number of allylic oxidation sites excluding steroid dienone is 3. The average Bonchev–Trinajstić information content (AvgIpc) is 2.14. The van der Waals surface area contributed by atoms with Crippen LogP contribution in [0.2, 0.25) is 0 Å². The number of hydrogen-bond donors (Lipinski definition) is 0. The number of esters is 1. The Morgan fingerprint density at radius 1 is 1.20 bits per heavy atom. The van der Waals surface area contributed by atoms with E-state index in [9.17, 15) is 4.79 Å². The van der Waals surface area contributed by atoms with Crippen molar-refractivity contribution in [1.29, 1.82) is 0 Å². The lowest BCUT2D eigenvalue weighted by Crippen LogP contribution is -2.01. The molecule has 0 aromatic carbocycles. The Morgan fingerprint density at radius 3 is 2.40 bits per heavy atom. The summed E-state index contributed by atoms with van der Waals surface area (Å²) in [6, 6.07) is 0. The van der Waals surface area contributed by atoms with Crippen LogP contribution >= 0.6 is 0 Å². The van der Waals surface area contributed by atoms with Crippen LogP contribution in [0.15, 0.2) is 23.3 Å². The van der Waals surface area contributed by atoms with Crippen LogP contribution in [0.25, 0.3) is 0 Å². The quantitative estimate of drug-likeness (QED) is 0.494. The van der Waals surface area contributed by atoms with E-state index in [4.69, 9.17) is 4.74 Å². The standard InChI is InChI=1S/C13H22O2/c1-5-15-13(14)10-9-12(4)8-6-7-11(2)3/h7,9H,5-6,8,10H2,1-4H3/b12-9+. The van der Waals surface area contributed by atoms with Gasteiger partial charge in [0, 0.05) is 0 Å². The zero-order chi connectivity index (χ0) is 11.7. The highest BCUT2D eigenvalue weighted by Crippen LogP contribution is 2.07. The third-order valence-electron chi connectivity index (χ3n) is 2.01. The van der Waals surface area contributed by atoms with Crippen LogP contribution in [0.5, 0.6) is 0 Å². The molecule has 0 saturated carbocycles. The van der Waals surface area contributed by atoms with Gasteiger partial charge in [-0.3, -0.25) is 4.79 Å². The van der Waals surface area contributed by atoms with Crippen molar-refractivity contribution < 1.29 is 9.53 Å². The van der Waals surface area contributed by atoms with E-state index in [0.717, 1.165) is 12.8 Å². The summed E-state index contributed by atoms with van der Waals surface area (Å²) in [5.74, 6) is -0.140. The Hall–Kier alpha value is -1.05. The largest absolute Gasteiger partial charge is 0.466 e. The summed E-state index contributed by atoms with van der Waals surface area (Å²) >= 11 is 0. The fourth-order valence-electron chi connectivity index (χ4n) is 1.17. The first-order chi connectivity index (χ1) is 7.06. The highest BCUT2D eigenvalue weighted by atomic mass is 16.5. The number of hydrogen-bond acceptors (Lipinski definition) is 2. The van der Waals surface area contributed by atoms with Crippen molar-refractivity contribution in [3.8, 4) is 0 Å². The average molecular weight is 210 g/mol. The maximum Gasteiger partial charge on any atom is 0.309 e. The molecule has 0 aromatic rings. The molecule has 0 spiro atoms. The van der Waals surface area contributed by atoms with Crippen LogP contribution in [0.4, 0.5) is 0 Å². The molecule has 15 heavy (non-hydrogen) atoms. The first kappa shape index (κ1) is 13.9. The minimum atomic E-state index is -0.140. The van der Waals surface area contributed by atoms with E-state index >= 15 is 0 Å². The van der Waals surface area contributed by atoms with Crippen molar-refractivity contribution in [2.24, 2.45) is 0 Å². The highest BCUT2D eigenvalue weighted by molar-refractivity contribution is 5.71. The number of rotatable bonds is 6. The van der Waals surface area contributed by atoms with Gasteiger partial charge >= 0.3 is 5.97 Å². The van der Waals surface area contributed by atoms with E-state index in [2.05, 4.69) is 26.8 Å². The molecule has 0 rings (SSSR count). The summed E-state index contributed by atoms with van der Waals surface area (Å²) in [6.45, 7) is 8.53. The minimum absolute atomic E-state index is 0.140. The van der Waals surface area contributed by atoms with Gasteiger partial charge in [0.25, 0.3) is 0 Å². The monoisotopic (exact) mass is 210 g/mol. The second kappa shape index (κ2) is 8.27. The van der Waals surface area contributed by atoms with Crippen molar-refractivity contribution in [3.63, 3.8) is 0 Å². The fraction of sp³-hybridized carbons (Fsp3) is 0.615. The van der Waals surface area contributed by atoms with Crippen molar-refractivity contribution in [2.45, 2.75) is 47.0 Å². The molecule has 0 N–H and O–H groups in total. The number of carbonyl (C=O) groups is 1. The lowest BCUT2D eigenvalue weighted by Gasteiger charge is -2.00. The molecular weight excluding hydrogens is 188 g/mol. The number of ether oxygens (including phenoxy) is 1. The van der Waals surface area contributed by atoms with Gasteiger partial charge in [0.2, 0.25) is 0 Å². The molecule has 0 saturated heterocycles. The van der Waals surface area contributed by atoms with Gasteiger partial charge in [0.1, 0.15) is 0 Å². The molecule has 0 bridgehead atoms. The second-order valence-electron chi connectivity index (χ2n) is 3.88. The van der Waals surface area contributed by atoms with Gasteiger partial charge < -0.3 is 4.74 Å². The molecule has 0 aromatic heterocycles. The van der Waals surface area contributed by atoms with E-state index in [-0.39, 0.29) is 5.97 Å². The van der Waals surface area contributed by atoms with Crippen LogP contribution in [0.1, 0.15) is 47.0 Å². The molecule has 0 heterocycles. The molecular formula is C13H22O2. The van der Waals surface area contributed by atoms with Crippen molar-refractivity contribution in [2.75, 3.05) is 6.61 Å². The van der Waals surface area contributed by atoms with Crippen LogP contribution in [0, 0.1) is 0 Å². The maximum absolute atomic E-state index is 11.1. The molecule has 0 aliphatic carbocycles. The Morgan fingerprint density at radius 2 is 1.87 bits per heavy atom. The summed E-state index contributed by atoms with van der Waals surface area (Å²) in [4.78, 5) is 11.1. The predicted octanol–water partition coefficient (Wildman–Crippen LogP) is 3.63. The topological polar surface area (TPSA) is 26.3 Å². The van der Waals surface area contributed by atoms with E-state index in [1.54, 1.807) is 0 Å². The number of carbonyl (C=O) groups excluding carboxylic acids is 1. The molecule has 0 atom stereocenters. The third kappa shape index (κ3) is 9.26. The summed E-state index contributed by atoms with van der Waals surface area (Å²) in [7, 11) is 0. The van der Waals surface area contributed by atoms with Gasteiger partial charge in [-0.2, -0.15) is 0 Å². The van der Waals surface area contributed by atoms with Crippen molar-refractivity contribution in [1.82, 2.24) is 0 Å².